The van der Waals surface area contributed by atoms with E-state index in [2.05, 4.69) is 0 Å². The summed E-state index contributed by atoms with van der Waals surface area (Å²) in [5, 5.41) is 0.0738. The van der Waals surface area contributed by atoms with Crippen molar-refractivity contribution in [1.82, 2.24) is 0 Å². The summed E-state index contributed by atoms with van der Waals surface area (Å²) in [7, 11) is 1.57. The molecule has 0 heterocycles. The van der Waals surface area contributed by atoms with Crippen molar-refractivity contribution < 1.29 is 13.9 Å². The van der Waals surface area contributed by atoms with Gasteiger partial charge in [0.15, 0.2) is 0 Å². The van der Waals surface area contributed by atoms with E-state index in [-0.39, 0.29) is 11.6 Å². The summed E-state index contributed by atoms with van der Waals surface area (Å²) in [6, 6.07) is 10.0. The van der Waals surface area contributed by atoms with E-state index in [1.807, 2.05) is 12.1 Å². The van der Waals surface area contributed by atoms with Crippen LogP contribution in [0.15, 0.2) is 36.4 Å². The predicted molar refractivity (Wildman–Crippen MR) is 76.6 cm³/mol. The van der Waals surface area contributed by atoms with Crippen LogP contribution in [-0.2, 0) is 13.2 Å². The van der Waals surface area contributed by atoms with Gasteiger partial charge in [-0.25, -0.2) is 4.39 Å². The van der Waals surface area contributed by atoms with Crippen LogP contribution in [0.25, 0.3) is 0 Å². The molecule has 2 rings (SSSR count). The Morgan fingerprint density at radius 1 is 1.20 bits per heavy atom. The molecule has 5 heteroatoms. The quantitative estimate of drug-likeness (QED) is 0.918. The lowest BCUT2D eigenvalue weighted by molar-refractivity contribution is 0.300. The molecular weight excluding hydrogens is 281 g/mol. The molecule has 0 spiro atoms. The van der Waals surface area contributed by atoms with E-state index >= 15 is 0 Å². The molecule has 20 heavy (non-hydrogen) atoms. The van der Waals surface area contributed by atoms with E-state index < -0.39 is 5.82 Å². The highest BCUT2D eigenvalue weighted by Crippen LogP contribution is 2.27. The molecule has 0 aliphatic rings. The fourth-order valence-corrected chi connectivity index (χ4v) is 1.96. The number of nitrogens with two attached hydrogens (primary N) is 1. The summed E-state index contributed by atoms with van der Waals surface area (Å²) >= 11 is 5.89. The van der Waals surface area contributed by atoms with E-state index in [1.54, 1.807) is 25.3 Å². The van der Waals surface area contributed by atoms with Gasteiger partial charge in [0.1, 0.15) is 23.9 Å². The minimum Gasteiger partial charge on any atom is -0.497 e. The van der Waals surface area contributed by atoms with Gasteiger partial charge in [0.05, 0.1) is 12.1 Å². The molecular formula is C15H15ClFNO2. The normalized spacial score (nSPS) is 10.4. The highest BCUT2D eigenvalue weighted by Gasteiger charge is 2.09. The van der Waals surface area contributed by atoms with Crippen LogP contribution < -0.4 is 15.2 Å². The van der Waals surface area contributed by atoms with Crippen molar-refractivity contribution in [2.24, 2.45) is 5.73 Å². The topological polar surface area (TPSA) is 44.5 Å². The zero-order valence-corrected chi connectivity index (χ0v) is 11.8. The van der Waals surface area contributed by atoms with Gasteiger partial charge < -0.3 is 15.2 Å². The first-order chi connectivity index (χ1) is 9.65. The van der Waals surface area contributed by atoms with E-state index in [1.165, 1.54) is 6.07 Å². The SMILES string of the molecule is COc1ccc(CN)c(OCc2cccc(F)c2Cl)c1. The van der Waals surface area contributed by atoms with Crippen LogP contribution in [0.3, 0.4) is 0 Å². The second-order valence-corrected chi connectivity index (χ2v) is 4.56. The number of rotatable bonds is 5. The maximum Gasteiger partial charge on any atom is 0.142 e. The fraction of sp³-hybridized carbons (Fsp3) is 0.200. The lowest BCUT2D eigenvalue weighted by Gasteiger charge is -2.13. The van der Waals surface area contributed by atoms with Gasteiger partial charge in [-0.3, -0.25) is 0 Å². The number of methoxy groups -OCH3 is 1. The molecule has 0 atom stereocenters. The predicted octanol–water partition coefficient (Wildman–Crippen LogP) is 3.53. The van der Waals surface area contributed by atoms with E-state index in [4.69, 9.17) is 26.8 Å². The van der Waals surface area contributed by atoms with E-state index in [0.717, 1.165) is 5.56 Å². The van der Waals surface area contributed by atoms with Gasteiger partial charge in [-0.05, 0) is 12.1 Å². The zero-order chi connectivity index (χ0) is 14.5. The lowest BCUT2D eigenvalue weighted by Crippen LogP contribution is -2.04. The number of ether oxygens (including phenoxy) is 2. The number of halogens is 2. The van der Waals surface area contributed by atoms with Crippen LogP contribution in [0.2, 0.25) is 5.02 Å². The molecule has 0 bridgehead atoms. The second-order valence-electron chi connectivity index (χ2n) is 4.18. The standard InChI is InChI=1S/C15H15ClFNO2/c1-19-12-6-5-10(8-18)14(7-12)20-9-11-3-2-4-13(17)15(11)16/h2-7H,8-9,18H2,1H3. The van der Waals surface area contributed by atoms with Crippen molar-refractivity contribution >= 4 is 11.6 Å². The third kappa shape index (κ3) is 3.21. The van der Waals surface area contributed by atoms with Gasteiger partial charge in [-0.1, -0.05) is 29.8 Å². The third-order valence-electron chi connectivity index (χ3n) is 2.91. The van der Waals surface area contributed by atoms with Crippen LogP contribution in [0.5, 0.6) is 11.5 Å². The molecule has 2 aromatic rings. The second kappa shape index (κ2) is 6.59. The highest BCUT2D eigenvalue weighted by atomic mass is 35.5. The molecule has 0 aromatic heterocycles. The van der Waals surface area contributed by atoms with Gasteiger partial charge in [0.25, 0.3) is 0 Å². The molecule has 0 saturated heterocycles. The molecule has 0 saturated carbocycles. The average Bonchev–Trinajstić information content (AvgIpc) is 2.48. The number of hydrogen-bond acceptors (Lipinski definition) is 3. The minimum atomic E-state index is -0.461. The summed E-state index contributed by atoms with van der Waals surface area (Å²) < 4.78 is 24.2. The maximum atomic E-state index is 13.3. The monoisotopic (exact) mass is 295 g/mol. The molecule has 2 N–H and O–H groups in total. The molecule has 2 aromatic carbocycles. The first kappa shape index (κ1) is 14.6. The van der Waals surface area contributed by atoms with Crippen LogP contribution in [0, 0.1) is 5.82 Å². The number of hydrogen-bond donors (Lipinski definition) is 1. The third-order valence-corrected chi connectivity index (χ3v) is 3.33. The first-order valence-corrected chi connectivity index (χ1v) is 6.46. The molecule has 3 nitrogen and oxygen atoms in total. The fourth-order valence-electron chi connectivity index (χ4n) is 1.78. The Hall–Kier alpha value is -1.78. The van der Waals surface area contributed by atoms with Crippen LogP contribution in [-0.4, -0.2) is 7.11 Å². The van der Waals surface area contributed by atoms with Gasteiger partial charge in [0.2, 0.25) is 0 Å². The molecule has 0 radical (unpaired) electrons. The Bertz CT molecular complexity index is 604. The van der Waals surface area contributed by atoms with Crippen molar-refractivity contribution in [3.8, 4) is 11.5 Å². The van der Waals surface area contributed by atoms with Crippen LogP contribution >= 0.6 is 11.6 Å². The highest BCUT2D eigenvalue weighted by molar-refractivity contribution is 6.31. The van der Waals surface area contributed by atoms with Crippen molar-refractivity contribution in [3.63, 3.8) is 0 Å². The van der Waals surface area contributed by atoms with Gasteiger partial charge >= 0.3 is 0 Å². The molecule has 0 aliphatic carbocycles. The summed E-state index contributed by atoms with van der Waals surface area (Å²) in [6.45, 7) is 0.507. The molecule has 0 aliphatic heterocycles. The Balaban J connectivity index is 2.19. The first-order valence-electron chi connectivity index (χ1n) is 6.08. The van der Waals surface area contributed by atoms with Crippen LogP contribution in [0.4, 0.5) is 4.39 Å². The summed E-state index contributed by atoms with van der Waals surface area (Å²) in [6.07, 6.45) is 0. The summed E-state index contributed by atoms with van der Waals surface area (Å²) in [5.74, 6) is 0.812. The van der Waals surface area contributed by atoms with Crippen molar-refractivity contribution in [3.05, 3.63) is 58.4 Å². The average molecular weight is 296 g/mol. The Labute approximate surface area is 122 Å². The Kier molecular flexibility index (Phi) is 4.82. The van der Waals surface area contributed by atoms with Crippen molar-refractivity contribution in [2.45, 2.75) is 13.2 Å². The lowest BCUT2D eigenvalue weighted by atomic mass is 10.2. The number of benzene rings is 2. The molecule has 0 unspecified atom stereocenters. The van der Waals surface area contributed by atoms with E-state index in [0.29, 0.717) is 23.6 Å². The van der Waals surface area contributed by atoms with Gasteiger partial charge in [-0.15, -0.1) is 0 Å². The maximum absolute atomic E-state index is 13.3. The molecule has 106 valence electrons. The minimum absolute atomic E-state index is 0.0738. The largest absolute Gasteiger partial charge is 0.497 e. The van der Waals surface area contributed by atoms with Gasteiger partial charge in [0, 0.05) is 23.7 Å². The van der Waals surface area contributed by atoms with Crippen molar-refractivity contribution in [2.75, 3.05) is 7.11 Å². The zero-order valence-electron chi connectivity index (χ0n) is 11.0. The van der Waals surface area contributed by atoms with Crippen LogP contribution in [0.1, 0.15) is 11.1 Å². The molecule has 0 fully saturated rings. The smallest absolute Gasteiger partial charge is 0.142 e. The summed E-state index contributed by atoms with van der Waals surface area (Å²) in [4.78, 5) is 0. The Morgan fingerprint density at radius 3 is 2.70 bits per heavy atom. The summed E-state index contributed by atoms with van der Waals surface area (Å²) in [5.41, 5.74) is 7.08. The van der Waals surface area contributed by atoms with Gasteiger partial charge in [-0.2, -0.15) is 0 Å². The molecule has 0 amide bonds. The van der Waals surface area contributed by atoms with Crippen molar-refractivity contribution in [1.29, 1.82) is 0 Å². The Morgan fingerprint density at radius 2 is 2.00 bits per heavy atom. The van der Waals surface area contributed by atoms with E-state index in [9.17, 15) is 4.39 Å².